The van der Waals surface area contributed by atoms with E-state index in [4.69, 9.17) is 11.6 Å². The maximum atomic E-state index is 9.28. The summed E-state index contributed by atoms with van der Waals surface area (Å²) in [5.41, 5.74) is 0. The molecule has 0 aliphatic heterocycles. The zero-order valence-corrected chi connectivity index (χ0v) is 6.49. The van der Waals surface area contributed by atoms with Gasteiger partial charge in [0.15, 0.2) is 0 Å². The van der Waals surface area contributed by atoms with Crippen LogP contribution >= 0.6 is 11.6 Å². The van der Waals surface area contributed by atoms with Gasteiger partial charge in [-0.15, -0.1) is 0 Å². The highest BCUT2D eigenvalue weighted by Crippen LogP contribution is 2.35. The average molecular weight is 149 g/mol. The normalized spacial score (nSPS) is 28.3. The van der Waals surface area contributed by atoms with Gasteiger partial charge in [-0.2, -0.15) is 0 Å². The highest BCUT2D eigenvalue weighted by Gasteiger charge is 2.31. The molecule has 1 unspecified atom stereocenters. The van der Waals surface area contributed by atoms with Crippen LogP contribution in [0, 0.1) is 5.92 Å². The van der Waals surface area contributed by atoms with E-state index < -0.39 is 5.06 Å². The molecule has 0 amide bonds. The summed E-state index contributed by atoms with van der Waals surface area (Å²) in [4.78, 5) is 0. The predicted molar refractivity (Wildman–Crippen MR) is 38.4 cm³/mol. The minimum atomic E-state index is -0.948. The van der Waals surface area contributed by atoms with Crippen LogP contribution in [0.4, 0.5) is 0 Å². The quantitative estimate of drug-likeness (QED) is 0.565. The van der Waals surface area contributed by atoms with E-state index in [0.29, 0.717) is 5.92 Å². The smallest absolute Gasteiger partial charge is 0.138 e. The Morgan fingerprint density at radius 1 is 1.44 bits per heavy atom. The summed E-state index contributed by atoms with van der Waals surface area (Å²) < 4.78 is 0. The predicted octanol–water partition coefficient (Wildman–Crippen LogP) is 2.12. The Labute approximate surface area is 61.0 Å². The number of hydrogen-bond donors (Lipinski definition) is 1. The van der Waals surface area contributed by atoms with E-state index in [1.54, 1.807) is 6.92 Å². The first-order valence-corrected chi connectivity index (χ1v) is 3.90. The van der Waals surface area contributed by atoms with Crippen molar-refractivity contribution in [3.05, 3.63) is 0 Å². The van der Waals surface area contributed by atoms with Gasteiger partial charge in [-0.05, 0) is 19.8 Å². The maximum absolute atomic E-state index is 9.28. The maximum Gasteiger partial charge on any atom is 0.138 e. The van der Waals surface area contributed by atoms with Gasteiger partial charge in [0, 0.05) is 5.92 Å². The SMILES string of the molecule is CC(O)(Cl)C1CCCC1. The van der Waals surface area contributed by atoms with Crippen molar-refractivity contribution in [3.63, 3.8) is 0 Å². The topological polar surface area (TPSA) is 20.2 Å². The number of alkyl halides is 1. The van der Waals surface area contributed by atoms with Crippen molar-refractivity contribution in [2.24, 2.45) is 5.92 Å². The van der Waals surface area contributed by atoms with Crippen LogP contribution in [0.15, 0.2) is 0 Å². The summed E-state index contributed by atoms with van der Waals surface area (Å²) >= 11 is 5.69. The first kappa shape index (κ1) is 7.36. The molecule has 54 valence electrons. The van der Waals surface area contributed by atoms with E-state index in [1.165, 1.54) is 12.8 Å². The summed E-state index contributed by atoms with van der Waals surface area (Å²) in [5, 5.41) is 8.33. The van der Waals surface area contributed by atoms with Crippen molar-refractivity contribution in [2.75, 3.05) is 0 Å². The van der Waals surface area contributed by atoms with E-state index in [-0.39, 0.29) is 0 Å². The van der Waals surface area contributed by atoms with Gasteiger partial charge in [-0.25, -0.2) is 0 Å². The third kappa shape index (κ3) is 1.84. The van der Waals surface area contributed by atoms with E-state index in [9.17, 15) is 5.11 Å². The van der Waals surface area contributed by atoms with E-state index in [0.717, 1.165) is 12.8 Å². The standard InChI is InChI=1S/C7H13ClO/c1-7(8,9)6-4-2-3-5-6/h6,9H,2-5H2,1H3. The lowest BCUT2D eigenvalue weighted by molar-refractivity contribution is 0.0847. The summed E-state index contributed by atoms with van der Waals surface area (Å²) in [6.45, 7) is 1.69. The number of halogens is 1. The first-order chi connectivity index (χ1) is 4.11. The van der Waals surface area contributed by atoms with Crippen molar-refractivity contribution >= 4 is 11.6 Å². The summed E-state index contributed by atoms with van der Waals surface area (Å²) in [6, 6.07) is 0. The number of aliphatic hydroxyl groups is 1. The Hall–Kier alpha value is 0.250. The van der Waals surface area contributed by atoms with Gasteiger partial charge in [-0.3, -0.25) is 0 Å². The lowest BCUT2D eigenvalue weighted by Crippen LogP contribution is -2.25. The van der Waals surface area contributed by atoms with Crippen molar-refractivity contribution in [3.8, 4) is 0 Å². The fraction of sp³-hybridized carbons (Fsp3) is 1.00. The molecule has 1 nitrogen and oxygen atoms in total. The Kier molecular flexibility index (Phi) is 2.02. The fourth-order valence-corrected chi connectivity index (χ4v) is 1.67. The lowest BCUT2D eigenvalue weighted by atomic mass is 10.0. The molecule has 0 heterocycles. The van der Waals surface area contributed by atoms with Gasteiger partial charge in [-0.1, -0.05) is 24.4 Å². The highest BCUT2D eigenvalue weighted by molar-refractivity contribution is 6.22. The molecule has 1 saturated carbocycles. The summed E-state index contributed by atoms with van der Waals surface area (Å²) in [6.07, 6.45) is 4.65. The van der Waals surface area contributed by atoms with Crippen LogP contribution < -0.4 is 0 Å². The second-order valence-electron chi connectivity index (χ2n) is 3.01. The monoisotopic (exact) mass is 148 g/mol. The summed E-state index contributed by atoms with van der Waals surface area (Å²) in [7, 11) is 0. The molecule has 1 rings (SSSR count). The Morgan fingerprint density at radius 3 is 2.11 bits per heavy atom. The van der Waals surface area contributed by atoms with Crippen LogP contribution in [0.2, 0.25) is 0 Å². The lowest BCUT2D eigenvalue weighted by Gasteiger charge is -2.21. The van der Waals surface area contributed by atoms with Crippen LogP contribution in [-0.4, -0.2) is 10.2 Å². The largest absolute Gasteiger partial charge is 0.375 e. The highest BCUT2D eigenvalue weighted by atomic mass is 35.5. The molecule has 0 bridgehead atoms. The van der Waals surface area contributed by atoms with E-state index >= 15 is 0 Å². The fourth-order valence-electron chi connectivity index (χ4n) is 1.45. The molecule has 0 spiro atoms. The van der Waals surface area contributed by atoms with Gasteiger partial charge in [0.1, 0.15) is 5.06 Å². The second kappa shape index (κ2) is 2.47. The molecular formula is C7H13ClO. The molecule has 2 heteroatoms. The zero-order chi connectivity index (χ0) is 6.91. The van der Waals surface area contributed by atoms with Gasteiger partial charge in [0.05, 0.1) is 0 Å². The molecule has 0 saturated heterocycles. The molecule has 1 atom stereocenters. The van der Waals surface area contributed by atoms with Crippen LogP contribution in [-0.2, 0) is 0 Å². The van der Waals surface area contributed by atoms with Crippen LogP contribution in [0.5, 0.6) is 0 Å². The zero-order valence-electron chi connectivity index (χ0n) is 5.73. The molecule has 0 aromatic rings. The van der Waals surface area contributed by atoms with Crippen molar-refractivity contribution in [1.82, 2.24) is 0 Å². The third-order valence-electron chi connectivity index (χ3n) is 2.10. The average Bonchev–Trinajstić information content (AvgIpc) is 2.08. The van der Waals surface area contributed by atoms with Crippen LogP contribution in [0.3, 0.4) is 0 Å². The second-order valence-corrected chi connectivity index (χ2v) is 3.77. The van der Waals surface area contributed by atoms with E-state index in [2.05, 4.69) is 0 Å². The van der Waals surface area contributed by atoms with Gasteiger partial charge in [0.2, 0.25) is 0 Å². The Bertz CT molecular complexity index is 89.6. The minimum absolute atomic E-state index is 0.333. The van der Waals surface area contributed by atoms with Crippen LogP contribution in [0.1, 0.15) is 32.6 Å². The van der Waals surface area contributed by atoms with E-state index in [1.807, 2.05) is 0 Å². The van der Waals surface area contributed by atoms with Gasteiger partial charge < -0.3 is 5.11 Å². The number of hydrogen-bond acceptors (Lipinski definition) is 1. The Morgan fingerprint density at radius 2 is 1.89 bits per heavy atom. The number of rotatable bonds is 1. The molecule has 1 fully saturated rings. The molecule has 1 aliphatic rings. The molecule has 0 aromatic carbocycles. The van der Waals surface area contributed by atoms with Crippen LogP contribution in [0.25, 0.3) is 0 Å². The van der Waals surface area contributed by atoms with Crippen molar-refractivity contribution in [2.45, 2.75) is 37.7 Å². The van der Waals surface area contributed by atoms with Crippen molar-refractivity contribution in [1.29, 1.82) is 0 Å². The third-order valence-corrected chi connectivity index (χ3v) is 2.41. The molecule has 1 N–H and O–H groups in total. The molecule has 9 heavy (non-hydrogen) atoms. The summed E-state index contributed by atoms with van der Waals surface area (Å²) in [5.74, 6) is 0.333. The Balaban J connectivity index is 2.42. The van der Waals surface area contributed by atoms with Gasteiger partial charge >= 0.3 is 0 Å². The first-order valence-electron chi connectivity index (χ1n) is 3.52. The van der Waals surface area contributed by atoms with Crippen molar-refractivity contribution < 1.29 is 5.11 Å². The molecular weight excluding hydrogens is 136 g/mol. The van der Waals surface area contributed by atoms with Gasteiger partial charge in [0.25, 0.3) is 0 Å². The molecule has 0 radical (unpaired) electrons. The molecule has 0 aromatic heterocycles. The molecule has 1 aliphatic carbocycles. The minimum Gasteiger partial charge on any atom is -0.375 e.